The Morgan fingerprint density at radius 2 is 2.26 bits per heavy atom. The fraction of sp³-hybridized carbons (Fsp3) is 0.800. The molecule has 0 amide bonds. The summed E-state index contributed by atoms with van der Waals surface area (Å²) in [6, 6.07) is 0.916. The zero-order chi connectivity index (χ0) is 13.8. The Hall–Kier alpha value is -0.870. The van der Waals surface area contributed by atoms with Gasteiger partial charge in [-0.2, -0.15) is 0 Å². The summed E-state index contributed by atoms with van der Waals surface area (Å²) in [5, 5.41) is 0. The van der Waals surface area contributed by atoms with Gasteiger partial charge in [-0.25, -0.2) is 4.98 Å². The van der Waals surface area contributed by atoms with Gasteiger partial charge in [-0.15, -0.1) is 0 Å². The summed E-state index contributed by atoms with van der Waals surface area (Å²) in [4.78, 5) is 6.91. The monoisotopic (exact) mass is 264 g/mol. The summed E-state index contributed by atoms with van der Waals surface area (Å²) in [6.07, 6.45) is 7.69. The lowest BCUT2D eigenvalue weighted by atomic mass is 9.90. The van der Waals surface area contributed by atoms with E-state index in [9.17, 15) is 0 Å². The van der Waals surface area contributed by atoms with Crippen molar-refractivity contribution in [3.8, 4) is 0 Å². The van der Waals surface area contributed by atoms with Crippen LogP contribution in [0.15, 0.2) is 12.5 Å². The number of hydrogen-bond acceptors (Lipinski definition) is 3. The minimum absolute atomic E-state index is 0.312. The first-order valence-electron chi connectivity index (χ1n) is 7.64. The second kappa shape index (κ2) is 6.53. The smallest absolute Gasteiger partial charge is 0.0948 e. The SMILES string of the molecule is CCCn1cncc1C(CN)N1CCCC(C)C1C. The number of nitrogens with two attached hydrogens (primary N) is 1. The number of likely N-dealkylation sites (tertiary alicyclic amines) is 1. The molecule has 4 heteroatoms. The van der Waals surface area contributed by atoms with E-state index in [1.807, 2.05) is 12.5 Å². The van der Waals surface area contributed by atoms with Gasteiger partial charge >= 0.3 is 0 Å². The van der Waals surface area contributed by atoms with E-state index in [1.165, 1.54) is 18.5 Å². The first-order chi connectivity index (χ1) is 9.19. The molecule has 4 nitrogen and oxygen atoms in total. The maximum Gasteiger partial charge on any atom is 0.0948 e. The van der Waals surface area contributed by atoms with E-state index in [4.69, 9.17) is 5.73 Å². The van der Waals surface area contributed by atoms with E-state index >= 15 is 0 Å². The molecule has 19 heavy (non-hydrogen) atoms. The molecule has 3 unspecified atom stereocenters. The van der Waals surface area contributed by atoms with Gasteiger partial charge < -0.3 is 10.3 Å². The molecule has 1 aromatic heterocycles. The van der Waals surface area contributed by atoms with Crippen molar-refractivity contribution in [3.63, 3.8) is 0 Å². The summed E-state index contributed by atoms with van der Waals surface area (Å²) in [5.74, 6) is 0.755. The summed E-state index contributed by atoms with van der Waals surface area (Å²) in [7, 11) is 0. The highest BCUT2D eigenvalue weighted by atomic mass is 15.2. The molecule has 1 aliphatic rings. The molecular weight excluding hydrogens is 236 g/mol. The Morgan fingerprint density at radius 3 is 2.95 bits per heavy atom. The maximum absolute atomic E-state index is 6.08. The van der Waals surface area contributed by atoms with Crippen LogP contribution in [0.5, 0.6) is 0 Å². The van der Waals surface area contributed by atoms with Crippen LogP contribution < -0.4 is 5.73 Å². The highest BCUT2D eigenvalue weighted by Crippen LogP contribution is 2.30. The lowest BCUT2D eigenvalue weighted by molar-refractivity contribution is 0.0675. The molecule has 0 spiro atoms. The van der Waals surface area contributed by atoms with E-state index in [0.717, 1.165) is 25.4 Å². The quantitative estimate of drug-likeness (QED) is 0.888. The number of aryl methyl sites for hydroxylation is 1. The molecule has 2 heterocycles. The van der Waals surface area contributed by atoms with E-state index in [2.05, 4.69) is 35.2 Å². The van der Waals surface area contributed by atoms with E-state index in [0.29, 0.717) is 18.6 Å². The van der Waals surface area contributed by atoms with Crippen LogP contribution in [0.4, 0.5) is 0 Å². The number of aromatic nitrogens is 2. The molecule has 1 fully saturated rings. The van der Waals surface area contributed by atoms with Crippen LogP contribution in [0, 0.1) is 5.92 Å². The third kappa shape index (κ3) is 3.00. The predicted octanol–water partition coefficient (Wildman–Crippen LogP) is 2.41. The first-order valence-corrected chi connectivity index (χ1v) is 7.64. The van der Waals surface area contributed by atoms with Crippen molar-refractivity contribution in [2.45, 2.75) is 58.7 Å². The fourth-order valence-electron chi connectivity index (χ4n) is 3.27. The van der Waals surface area contributed by atoms with Gasteiger partial charge in [0.2, 0.25) is 0 Å². The van der Waals surface area contributed by atoms with Crippen LogP contribution in [-0.2, 0) is 6.54 Å². The van der Waals surface area contributed by atoms with Crippen LogP contribution in [0.1, 0.15) is 51.8 Å². The number of imidazole rings is 1. The lowest BCUT2D eigenvalue weighted by Gasteiger charge is -2.42. The summed E-state index contributed by atoms with van der Waals surface area (Å²) in [5.41, 5.74) is 7.37. The number of rotatable bonds is 5. The lowest BCUT2D eigenvalue weighted by Crippen LogP contribution is -2.47. The second-order valence-corrected chi connectivity index (χ2v) is 5.86. The zero-order valence-electron chi connectivity index (χ0n) is 12.5. The van der Waals surface area contributed by atoms with E-state index < -0.39 is 0 Å². The van der Waals surface area contributed by atoms with E-state index in [-0.39, 0.29) is 0 Å². The zero-order valence-corrected chi connectivity index (χ0v) is 12.5. The first kappa shape index (κ1) is 14.5. The molecular formula is C15H28N4. The minimum atomic E-state index is 0.312. The Labute approximate surface area is 117 Å². The van der Waals surface area contributed by atoms with Gasteiger partial charge in [0, 0.05) is 25.3 Å². The summed E-state index contributed by atoms with van der Waals surface area (Å²) >= 11 is 0. The Morgan fingerprint density at radius 1 is 1.47 bits per heavy atom. The molecule has 0 saturated carbocycles. The largest absolute Gasteiger partial charge is 0.333 e. The van der Waals surface area contributed by atoms with Gasteiger partial charge in [-0.1, -0.05) is 13.8 Å². The Balaban J connectivity index is 2.20. The van der Waals surface area contributed by atoms with E-state index in [1.54, 1.807) is 0 Å². The standard InChI is InChI=1S/C15H28N4/c1-4-7-18-11-17-10-15(18)14(9-16)19-8-5-6-12(2)13(19)3/h10-14H,4-9,16H2,1-3H3. The van der Waals surface area contributed by atoms with Crippen molar-refractivity contribution in [3.05, 3.63) is 18.2 Å². The van der Waals surface area contributed by atoms with Gasteiger partial charge in [-0.3, -0.25) is 4.90 Å². The van der Waals surface area contributed by atoms with Crippen molar-refractivity contribution < 1.29 is 0 Å². The number of hydrogen-bond donors (Lipinski definition) is 1. The topological polar surface area (TPSA) is 47.1 Å². The predicted molar refractivity (Wildman–Crippen MR) is 78.9 cm³/mol. The molecule has 3 atom stereocenters. The van der Waals surface area contributed by atoms with Crippen LogP contribution >= 0.6 is 0 Å². The van der Waals surface area contributed by atoms with Gasteiger partial charge in [0.15, 0.2) is 0 Å². The third-order valence-corrected chi connectivity index (χ3v) is 4.60. The Kier molecular flexibility index (Phi) is 4.99. The average molecular weight is 264 g/mol. The highest BCUT2D eigenvalue weighted by molar-refractivity contribution is 5.08. The molecule has 2 rings (SSSR count). The minimum Gasteiger partial charge on any atom is -0.333 e. The van der Waals surface area contributed by atoms with Crippen LogP contribution in [-0.4, -0.2) is 33.6 Å². The highest BCUT2D eigenvalue weighted by Gasteiger charge is 2.31. The normalized spacial score (nSPS) is 26.5. The molecule has 108 valence electrons. The summed E-state index contributed by atoms with van der Waals surface area (Å²) in [6.45, 7) is 9.76. The third-order valence-electron chi connectivity index (χ3n) is 4.60. The van der Waals surface area contributed by atoms with Gasteiger partial charge in [-0.05, 0) is 38.6 Å². The molecule has 2 N–H and O–H groups in total. The van der Waals surface area contributed by atoms with Crippen LogP contribution in [0.2, 0.25) is 0 Å². The van der Waals surface area contributed by atoms with Crippen molar-refractivity contribution in [2.75, 3.05) is 13.1 Å². The van der Waals surface area contributed by atoms with Crippen molar-refractivity contribution in [2.24, 2.45) is 11.7 Å². The van der Waals surface area contributed by atoms with Gasteiger partial charge in [0.1, 0.15) is 0 Å². The summed E-state index contributed by atoms with van der Waals surface area (Å²) < 4.78 is 2.27. The molecule has 1 saturated heterocycles. The molecule has 0 bridgehead atoms. The van der Waals surface area contributed by atoms with Crippen molar-refractivity contribution in [1.29, 1.82) is 0 Å². The molecule has 1 aromatic rings. The van der Waals surface area contributed by atoms with Gasteiger partial charge in [0.05, 0.1) is 18.1 Å². The van der Waals surface area contributed by atoms with Crippen LogP contribution in [0.25, 0.3) is 0 Å². The molecule has 0 aromatic carbocycles. The average Bonchev–Trinajstić information content (AvgIpc) is 2.84. The van der Waals surface area contributed by atoms with Gasteiger partial charge in [0.25, 0.3) is 0 Å². The molecule has 0 radical (unpaired) electrons. The molecule has 1 aliphatic heterocycles. The molecule has 0 aliphatic carbocycles. The number of nitrogens with zero attached hydrogens (tertiary/aromatic N) is 3. The fourth-order valence-corrected chi connectivity index (χ4v) is 3.27. The van der Waals surface area contributed by atoms with Crippen LogP contribution in [0.3, 0.4) is 0 Å². The van der Waals surface area contributed by atoms with Crippen molar-refractivity contribution in [1.82, 2.24) is 14.5 Å². The Bertz CT molecular complexity index is 387. The number of piperidine rings is 1. The second-order valence-electron chi connectivity index (χ2n) is 5.86. The maximum atomic E-state index is 6.08. The van der Waals surface area contributed by atoms with Crippen molar-refractivity contribution >= 4 is 0 Å².